The van der Waals surface area contributed by atoms with Crippen LogP contribution in [-0.4, -0.2) is 42.7 Å². The molecule has 4 fully saturated rings. The van der Waals surface area contributed by atoms with Gasteiger partial charge in [0.2, 0.25) is 5.91 Å². The summed E-state index contributed by atoms with van der Waals surface area (Å²) in [5, 5.41) is 3.22. The van der Waals surface area contributed by atoms with E-state index in [4.69, 9.17) is 14.0 Å². The molecule has 1 saturated heterocycles. The normalized spacial score (nSPS) is 27.5. The molecule has 1 heterocycles. The van der Waals surface area contributed by atoms with Crippen molar-refractivity contribution in [1.82, 2.24) is 5.32 Å². The number of hydrogen-bond acceptors (Lipinski definition) is 5. The van der Waals surface area contributed by atoms with Gasteiger partial charge in [-0.2, -0.15) is 0 Å². The van der Waals surface area contributed by atoms with Crippen molar-refractivity contribution in [2.24, 2.45) is 23.7 Å². The van der Waals surface area contributed by atoms with Gasteiger partial charge in [0, 0.05) is 0 Å². The summed E-state index contributed by atoms with van der Waals surface area (Å²) < 4.78 is 18.3. The lowest BCUT2D eigenvalue weighted by Gasteiger charge is -2.47. The average molecular weight is 469 g/mol. The van der Waals surface area contributed by atoms with E-state index in [9.17, 15) is 9.59 Å². The molecule has 7 heteroatoms. The van der Waals surface area contributed by atoms with Gasteiger partial charge in [-0.05, 0) is 76.2 Å². The molecule has 1 aliphatic heterocycles. The zero-order chi connectivity index (χ0) is 24.5. The van der Waals surface area contributed by atoms with Crippen molar-refractivity contribution in [3.8, 4) is 0 Å². The molecule has 0 aromatic heterocycles. The summed E-state index contributed by atoms with van der Waals surface area (Å²) in [6.45, 7) is 9.80. The maximum atomic E-state index is 13.6. The fourth-order valence-corrected chi connectivity index (χ4v) is 5.68. The van der Waals surface area contributed by atoms with Gasteiger partial charge in [-0.3, -0.25) is 9.59 Å². The van der Waals surface area contributed by atoms with Gasteiger partial charge < -0.3 is 19.4 Å². The number of carbonyl (C=O) groups excluding carboxylic acids is 2. The molecule has 3 saturated carbocycles. The lowest BCUT2D eigenvalue weighted by Crippen LogP contribution is -2.50. The Hall–Kier alpha value is -1.86. The maximum absolute atomic E-state index is 13.6. The Balaban J connectivity index is 1.45. The van der Waals surface area contributed by atoms with Crippen LogP contribution >= 0.6 is 0 Å². The smallest absolute Gasteiger partial charge is 0.460 e. The van der Waals surface area contributed by atoms with Gasteiger partial charge in [-0.1, -0.05) is 44.2 Å². The van der Waals surface area contributed by atoms with Gasteiger partial charge in [0.05, 0.1) is 30.5 Å². The van der Waals surface area contributed by atoms with Gasteiger partial charge in [-0.25, -0.2) is 0 Å². The average Bonchev–Trinajstić information content (AvgIpc) is 3.16. The summed E-state index contributed by atoms with van der Waals surface area (Å²) in [7, 11) is -0.431. The number of amides is 1. The summed E-state index contributed by atoms with van der Waals surface area (Å²) in [4.78, 5) is 26.2. The predicted molar refractivity (Wildman–Crippen MR) is 132 cm³/mol. The summed E-state index contributed by atoms with van der Waals surface area (Å²) in [6.07, 6.45) is 5.12. The van der Waals surface area contributed by atoms with E-state index in [1.54, 1.807) is 0 Å². The van der Waals surface area contributed by atoms with E-state index in [1.807, 2.05) is 51.1 Å². The lowest BCUT2D eigenvalue weighted by atomic mass is 9.63. The standard InChI is InChI=1S/C27H40BNO5/c1-17(2)11-23(28-33-22-15-19-13-20(14-19)25(22)34-28)29-26(31)21(12-18-9-7-6-8-10-18)16-24(30)32-27(3,4)5/h6-10,17,19-23,25H,11-16H2,1-5H3,(H,29,31)/t19?,20?,21-,22?,23+,25+/m1/s1. The molecule has 1 amide bonds. The largest absolute Gasteiger partial charge is 0.481 e. The van der Waals surface area contributed by atoms with Gasteiger partial charge in [0.25, 0.3) is 0 Å². The molecule has 34 heavy (non-hydrogen) atoms. The summed E-state index contributed by atoms with van der Waals surface area (Å²) in [5.74, 6) is 0.468. The van der Waals surface area contributed by atoms with Crippen LogP contribution in [0.1, 0.15) is 72.3 Å². The number of carbonyl (C=O) groups is 2. The maximum Gasteiger partial charge on any atom is 0.481 e. The van der Waals surface area contributed by atoms with E-state index in [-0.39, 0.29) is 36.4 Å². The van der Waals surface area contributed by atoms with Gasteiger partial charge in [0.15, 0.2) is 0 Å². The third kappa shape index (κ3) is 6.42. The second kappa shape index (κ2) is 10.4. The van der Waals surface area contributed by atoms with Crippen LogP contribution in [0.4, 0.5) is 0 Å². The van der Waals surface area contributed by atoms with Gasteiger partial charge in [0.1, 0.15) is 5.60 Å². The number of rotatable bonds is 9. The van der Waals surface area contributed by atoms with Crippen molar-refractivity contribution in [1.29, 1.82) is 0 Å². The van der Waals surface area contributed by atoms with E-state index in [2.05, 4.69) is 19.2 Å². The Morgan fingerprint density at radius 3 is 2.44 bits per heavy atom. The molecule has 1 unspecified atom stereocenters. The van der Waals surface area contributed by atoms with E-state index in [0.717, 1.165) is 24.3 Å². The Bertz CT molecular complexity index is 848. The first-order valence-electron chi connectivity index (χ1n) is 12.9. The summed E-state index contributed by atoms with van der Waals surface area (Å²) >= 11 is 0. The molecule has 6 nitrogen and oxygen atoms in total. The molecule has 2 bridgehead atoms. The predicted octanol–water partition coefficient (Wildman–Crippen LogP) is 4.35. The quantitative estimate of drug-likeness (QED) is 0.430. The third-order valence-corrected chi connectivity index (χ3v) is 7.18. The van der Waals surface area contributed by atoms with Gasteiger partial charge >= 0.3 is 13.1 Å². The highest BCUT2D eigenvalue weighted by atomic mass is 16.7. The monoisotopic (exact) mass is 469 g/mol. The highest BCUT2D eigenvalue weighted by Crippen LogP contribution is 2.50. The van der Waals surface area contributed by atoms with E-state index >= 15 is 0 Å². The summed E-state index contributed by atoms with van der Waals surface area (Å²) in [5.41, 5.74) is 0.429. The van der Waals surface area contributed by atoms with Crippen molar-refractivity contribution in [3.63, 3.8) is 0 Å². The van der Waals surface area contributed by atoms with Crippen molar-refractivity contribution in [2.45, 2.75) is 96.9 Å². The number of esters is 1. The topological polar surface area (TPSA) is 73.9 Å². The minimum Gasteiger partial charge on any atom is -0.460 e. The minimum atomic E-state index is -0.590. The Morgan fingerprint density at radius 2 is 1.82 bits per heavy atom. The fourth-order valence-electron chi connectivity index (χ4n) is 5.68. The number of nitrogens with one attached hydrogen (secondary N) is 1. The van der Waals surface area contributed by atoms with Crippen LogP contribution in [0.25, 0.3) is 0 Å². The summed E-state index contributed by atoms with van der Waals surface area (Å²) in [6, 6.07) is 9.82. The van der Waals surface area contributed by atoms with Crippen LogP contribution in [-0.2, 0) is 30.1 Å². The van der Waals surface area contributed by atoms with Crippen LogP contribution in [0.15, 0.2) is 30.3 Å². The minimum absolute atomic E-state index is 0.0355. The molecule has 1 aromatic carbocycles. The van der Waals surface area contributed by atoms with E-state index in [1.165, 1.54) is 12.8 Å². The number of hydrogen-bond donors (Lipinski definition) is 1. The number of ether oxygens (including phenoxy) is 1. The van der Waals surface area contributed by atoms with Crippen molar-refractivity contribution >= 4 is 19.0 Å². The van der Waals surface area contributed by atoms with Crippen LogP contribution in [0.2, 0.25) is 0 Å². The zero-order valence-corrected chi connectivity index (χ0v) is 21.3. The molecule has 4 atom stereocenters. The molecule has 0 spiro atoms. The Kier molecular flexibility index (Phi) is 7.73. The van der Waals surface area contributed by atoms with Crippen molar-refractivity contribution < 1.29 is 23.6 Å². The van der Waals surface area contributed by atoms with Crippen LogP contribution < -0.4 is 5.32 Å². The van der Waals surface area contributed by atoms with Crippen molar-refractivity contribution in [3.05, 3.63) is 35.9 Å². The van der Waals surface area contributed by atoms with Crippen LogP contribution in [0.5, 0.6) is 0 Å². The molecule has 1 N–H and O–H groups in total. The first-order chi connectivity index (χ1) is 16.1. The number of benzene rings is 1. The second-order valence-electron chi connectivity index (χ2n) is 11.9. The molecular weight excluding hydrogens is 429 g/mol. The highest BCUT2D eigenvalue weighted by Gasteiger charge is 2.55. The van der Waals surface area contributed by atoms with Crippen LogP contribution in [0, 0.1) is 23.7 Å². The third-order valence-electron chi connectivity index (χ3n) is 7.18. The highest BCUT2D eigenvalue weighted by molar-refractivity contribution is 6.47. The second-order valence-corrected chi connectivity index (χ2v) is 11.9. The van der Waals surface area contributed by atoms with Crippen LogP contribution in [0.3, 0.4) is 0 Å². The molecular formula is C27H40BNO5. The molecule has 186 valence electrons. The Labute approximate surface area is 204 Å². The van der Waals surface area contributed by atoms with Crippen molar-refractivity contribution in [2.75, 3.05) is 0 Å². The molecule has 5 rings (SSSR count). The SMILES string of the molecule is CC(C)C[C@H](NC(=O)[C@@H](CC(=O)OC(C)(C)C)Cc1ccccc1)B1OC2CC3CC(C3)[C@@H]2O1. The molecule has 4 aliphatic rings. The Morgan fingerprint density at radius 1 is 1.12 bits per heavy atom. The van der Waals surface area contributed by atoms with E-state index < -0.39 is 18.6 Å². The first kappa shape index (κ1) is 25.2. The molecule has 0 radical (unpaired) electrons. The molecule has 3 aliphatic carbocycles. The van der Waals surface area contributed by atoms with E-state index in [0.29, 0.717) is 18.3 Å². The lowest BCUT2D eigenvalue weighted by molar-refractivity contribution is -0.157. The van der Waals surface area contributed by atoms with Gasteiger partial charge in [-0.15, -0.1) is 0 Å². The zero-order valence-electron chi connectivity index (χ0n) is 21.3. The first-order valence-corrected chi connectivity index (χ1v) is 12.9. The fraction of sp³-hybridized carbons (Fsp3) is 0.704. The molecule has 1 aromatic rings.